The third-order valence-corrected chi connectivity index (χ3v) is 7.07. The first-order valence-electron chi connectivity index (χ1n) is 10.6. The average molecular weight is 636 g/mol. The fraction of sp³-hybridized carbons (Fsp3) is 0.308. The Kier molecular flexibility index (Phi) is 13.9. The summed E-state index contributed by atoms with van der Waals surface area (Å²) in [4.78, 5) is 0.131. The molecule has 0 aliphatic rings. The van der Waals surface area contributed by atoms with Crippen LogP contribution in [-0.2, 0) is 27.1 Å². The largest absolute Gasteiger partial charge is 0.396 e. The van der Waals surface area contributed by atoms with Crippen LogP contribution in [0.3, 0.4) is 0 Å². The summed E-state index contributed by atoms with van der Waals surface area (Å²) in [6.07, 6.45) is 2.02. The highest BCUT2D eigenvalue weighted by molar-refractivity contribution is 9.10. The van der Waals surface area contributed by atoms with Gasteiger partial charge < -0.3 is 5.11 Å². The first-order valence-corrected chi connectivity index (χ1v) is 13.6. The molecule has 0 fully saturated rings. The molecule has 0 bridgehead atoms. The minimum absolute atomic E-state index is 0. The van der Waals surface area contributed by atoms with Crippen LogP contribution < -0.4 is 0 Å². The van der Waals surface area contributed by atoms with Crippen molar-refractivity contribution in [1.82, 2.24) is 0 Å². The van der Waals surface area contributed by atoms with Gasteiger partial charge in [0.1, 0.15) is 11.6 Å². The van der Waals surface area contributed by atoms with E-state index < -0.39 is 10.1 Å². The molecule has 3 rings (SSSR count). The van der Waals surface area contributed by atoms with Gasteiger partial charge in [0.05, 0.1) is 11.5 Å². The summed E-state index contributed by atoms with van der Waals surface area (Å²) in [6, 6.07) is 16.0. The second-order valence-corrected chi connectivity index (χ2v) is 10.9. The summed E-state index contributed by atoms with van der Waals surface area (Å²) in [7, 11) is -3.75. The van der Waals surface area contributed by atoms with E-state index >= 15 is 0 Å². The summed E-state index contributed by atoms with van der Waals surface area (Å²) in [5.41, 5.74) is 2.16. The summed E-state index contributed by atoms with van der Waals surface area (Å²) in [5.74, 6) is -0.503. The predicted octanol–water partition coefficient (Wildman–Crippen LogP) is 7.38. The van der Waals surface area contributed by atoms with Crippen molar-refractivity contribution in [1.29, 1.82) is 0 Å². The molecule has 3 aromatic carbocycles. The third-order valence-electron chi connectivity index (χ3n) is 4.76. The van der Waals surface area contributed by atoms with E-state index in [2.05, 4.69) is 31.9 Å². The maximum absolute atomic E-state index is 13.6. The van der Waals surface area contributed by atoms with Gasteiger partial charge in [-0.15, -0.1) is 0 Å². The van der Waals surface area contributed by atoms with Crippen molar-refractivity contribution < 1.29 is 26.5 Å². The fourth-order valence-corrected chi connectivity index (χ4v) is 4.70. The van der Waals surface area contributed by atoms with Gasteiger partial charge >= 0.3 is 0 Å². The molecule has 0 spiro atoms. The molecule has 4 nitrogen and oxygen atoms in total. The topological polar surface area (TPSA) is 63.6 Å². The number of benzene rings is 3. The van der Waals surface area contributed by atoms with Gasteiger partial charge in [-0.2, -0.15) is 8.42 Å². The number of aliphatic hydroxyl groups is 1. The quantitative estimate of drug-likeness (QED) is 0.197. The van der Waals surface area contributed by atoms with Crippen molar-refractivity contribution in [3.05, 3.63) is 97.9 Å². The number of aliphatic hydroxyl groups excluding tert-OH is 1. The minimum Gasteiger partial charge on any atom is -0.396 e. The summed E-state index contributed by atoms with van der Waals surface area (Å²) in [5, 5.41) is 8.55. The standard InChI is InChI=1S/C16H16BrFO3S.C9H10BrFO.CH4/c1-12-4-7-15(8-5-12)22(19,20)21-10-2-3-13-11-14(17)6-9-16(13)18;10-8-3-4-9(11)7(6-8)2-1-5-12;/h4-9,11H,2-3,10H2,1H3;3-4,6,12H,1-2,5H2;1H4. The monoisotopic (exact) mass is 634 g/mol. The van der Waals surface area contributed by atoms with Crippen molar-refractivity contribution >= 4 is 42.0 Å². The first kappa shape index (κ1) is 31.4. The Bertz CT molecular complexity index is 1170. The lowest BCUT2D eigenvalue weighted by Gasteiger charge is -2.07. The van der Waals surface area contributed by atoms with E-state index in [1.807, 2.05) is 6.92 Å². The molecule has 0 aliphatic heterocycles. The molecule has 0 heterocycles. The average Bonchev–Trinajstić information content (AvgIpc) is 2.80. The van der Waals surface area contributed by atoms with Crippen molar-refractivity contribution in [3.63, 3.8) is 0 Å². The van der Waals surface area contributed by atoms with Gasteiger partial charge in [-0.05, 0) is 92.3 Å². The molecule has 0 unspecified atom stereocenters. The van der Waals surface area contributed by atoms with Gasteiger partial charge in [-0.25, -0.2) is 8.78 Å². The van der Waals surface area contributed by atoms with E-state index in [4.69, 9.17) is 9.29 Å². The van der Waals surface area contributed by atoms with E-state index in [-0.39, 0.29) is 37.2 Å². The van der Waals surface area contributed by atoms with Crippen LogP contribution in [0.15, 0.2) is 74.5 Å². The molecule has 192 valence electrons. The van der Waals surface area contributed by atoms with E-state index in [1.54, 1.807) is 36.4 Å². The molecule has 0 aliphatic carbocycles. The molecule has 0 atom stereocenters. The molecular weight excluding hydrogens is 606 g/mol. The van der Waals surface area contributed by atoms with Crippen molar-refractivity contribution in [3.8, 4) is 0 Å². The molecule has 35 heavy (non-hydrogen) atoms. The summed E-state index contributed by atoms with van der Waals surface area (Å²) < 4.78 is 57.1. The van der Waals surface area contributed by atoms with Crippen LogP contribution in [0, 0.1) is 18.6 Å². The van der Waals surface area contributed by atoms with Crippen molar-refractivity contribution in [2.24, 2.45) is 0 Å². The number of rotatable bonds is 9. The highest BCUT2D eigenvalue weighted by Crippen LogP contribution is 2.18. The van der Waals surface area contributed by atoms with E-state index in [9.17, 15) is 17.2 Å². The zero-order chi connectivity index (χ0) is 25.1. The van der Waals surface area contributed by atoms with Gasteiger partial charge in [-0.3, -0.25) is 4.18 Å². The normalized spacial score (nSPS) is 10.8. The van der Waals surface area contributed by atoms with Crippen LogP contribution >= 0.6 is 31.9 Å². The van der Waals surface area contributed by atoms with E-state index in [1.165, 1.54) is 24.3 Å². The predicted molar refractivity (Wildman–Crippen MR) is 143 cm³/mol. The first-order chi connectivity index (χ1) is 16.1. The molecular formula is C26H30Br2F2O4S. The Hall–Kier alpha value is -1.65. The summed E-state index contributed by atoms with van der Waals surface area (Å²) in [6.45, 7) is 2.00. The molecule has 9 heteroatoms. The molecule has 0 radical (unpaired) electrons. The second kappa shape index (κ2) is 15.5. The number of hydrogen-bond donors (Lipinski definition) is 1. The van der Waals surface area contributed by atoms with E-state index in [0.29, 0.717) is 36.8 Å². The van der Waals surface area contributed by atoms with E-state index in [0.717, 1.165) is 14.5 Å². The number of halogens is 4. The zero-order valence-electron chi connectivity index (χ0n) is 18.6. The highest BCUT2D eigenvalue weighted by atomic mass is 79.9. The Morgan fingerprint density at radius 3 is 1.80 bits per heavy atom. The van der Waals surface area contributed by atoms with Crippen LogP contribution in [0.2, 0.25) is 0 Å². The number of hydrogen-bond acceptors (Lipinski definition) is 4. The second-order valence-electron chi connectivity index (χ2n) is 7.49. The molecule has 1 N–H and O–H groups in total. The molecule has 0 amide bonds. The number of aryl methyl sites for hydroxylation is 3. The zero-order valence-corrected chi connectivity index (χ0v) is 22.6. The molecule has 0 saturated heterocycles. The maximum Gasteiger partial charge on any atom is 0.296 e. The Balaban J connectivity index is 0.000000401. The van der Waals surface area contributed by atoms with Crippen LogP contribution in [-0.4, -0.2) is 26.7 Å². The van der Waals surface area contributed by atoms with Gasteiger partial charge in [0.2, 0.25) is 0 Å². The fourth-order valence-electron chi connectivity index (χ4n) is 2.94. The lowest BCUT2D eigenvalue weighted by atomic mass is 10.1. The lowest BCUT2D eigenvalue weighted by molar-refractivity contribution is 0.288. The van der Waals surface area contributed by atoms with Gasteiger partial charge in [0, 0.05) is 15.6 Å². The smallest absolute Gasteiger partial charge is 0.296 e. The Labute approximate surface area is 223 Å². The molecule has 3 aromatic rings. The van der Waals surface area contributed by atoms with Gasteiger partial charge in [0.25, 0.3) is 10.1 Å². The highest BCUT2D eigenvalue weighted by Gasteiger charge is 2.14. The van der Waals surface area contributed by atoms with Crippen LogP contribution in [0.25, 0.3) is 0 Å². The third kappa shape index (κ3) is 10.9. The van der Waals surface area contributed by atoms with Crippen molar-refractivity contribution in [2.45, 2.75) is 44.9 Å². The Morgan fingerprint density at radius 1 is 0.829 bits per heavy atom. The van der Waals surface area contributed by atoms with Crippen LogP contribution in [0.5, 0.6) is 0 Å². The van der Waals surface area contributed by atoms with Crippen molar-refractivity contribution in [2.75, 3.05) is 13.2 Å². The van der Waals surface area contributed by atoms with Crippen LogP contribution in [0.1, 0.15) is 37.0 Å². The lowest BCUT2D eigenvalue weighted by Crippen LogP contribution is -2.08. The Morgan fingerprint density at radius 2 is 1.31 bits per heavy atom. The SMILES string of the molecule is C.Cc1ccc(S(=O)(=O)OCCCc2cc(Br)ccc2F)cc1.OCCCc1cc(Br)ccc1F. The van der Waals surface area contributed by atoms with Gasteiger partial charge in [-0.1, -0.05) is 57.0 Å². The van der Waals surface area contributed by atoms with Crippen LogP contribution in [0.4, 0.5) is 8.78 Å². The molecule has 0 aromatic heterocycles. The van der Waals surface area contributed by atoms with Gasteiger partial charge in [0.15, 0.2) is 0 Å². The minimum atomic E-state index is -3.75. The molecule has 0 saturated carbocycles. The summed E-state index contributed by atoms with van der Waals surface area (Å²) >= 11 is 6.54. The maximum atomic E-state index is 13.6.